The Balaban J connectivity index is 1.60. The number of piperidine rings is 1. The van der Waals surface area contributed by atoms with Crippen LogP contribution >= 0.6 is 0 Å². The van der Waals surface area contributed by atoms with Gasteiger partial charge in [-0.25, -0.2) is 0 Å². The van der Waals surface area contributed by atoms with Crippen molar-refractivity contribution in [1.82, 2.24) is 5.32 Å². The predicted molar refractivity (Wildman–Crippen MR) is 76.2 cm³/mol. The van der Waals surface area contributed by atoms with Gasteiger partial charge in [0.1, 0.15) is 0 Å². The second-order valence-electron chi connectivity index (χ2n) is 5.24. The lowest BCUT2D eigenvalue weighted by atomic mass is 10.1. The van der Waals surface area contributed by atoms with Crippen molar-refractivity contribution >= 4 is 5.69 Å². The molecule has 1 fully saturated rings. The maximum Gasteiger partial charge on any atom is 0.163 e. The fraction of sp³-hybridized carbons (Fsp3) is 0.600. The lowest BCUT2D eigenvalue weighted by Gasteiger charge is -2.24. The van der Waals surface area contributed by atoms with Crippen LogP contribution in [-0.4, -0.2) is 32.3 Å². The fourth-order valence-electron chi connectivity index (χ4n) is 2.61. The Morgan fingerprint density at radius 2 is 2.00 bits per heavy atom. The van der Waals surface area contributed by atoms with Crippen LogP contribution in [0.4, 0.5) is 5.69 Å². The van der Waals surface area contributed by atoms with E-state index in [0.29, 0.717) is 6.04 Å². The average Bonchev–Trinajstić information content (AvgIpc) is 2.71. The number of fused-ring (bicyclic) bond motifs is 1. The van der Waals surface area contributed by atoms with Crippen molar-refractivity contribution < 1.29 is 9.47 Å². The molecule has 0 aromatic heterocycles. The van der Waals surface area contributed by atoms with Gasteiger partial charge in [0.15, 0.2) is 11.5 Å². The van der Waals surface area contributed by atoms with E-state index in [2.05, 4.69) is 16.7 Å². The third kappa shape index (κ3) is 3.32. The van der Waals surface area contributed by atoms with Gasteiger partial charge in [-0.3, -0.25) is 0 Å². The largest absolute Gasteiger partial charge is 0.490 e. The van der Waals surface area contributed by atoms with Gasteiger partial charge in [0.25, 0.3) is 0 Å². The second-order valence-corrected chi connectivity index (χ2v) is 5.24. The normalized spacial score (nSPS) is 22.6. The van der Waals surface area contributed by atoms with Crippen LogP contribution in [0.15, 0.2) is 18.2 Å². The summed E-state index contributed by atoms with van der Waals surface area (Å²) in [5, 5.41) is 7.03. The minimum absolute atomic E-state index is 0.588. The standard InChI is InChI=1S/C15H22N2O2/c1-2-7-16-13(4-1)11-17-12-5-6-14-15(10-12)19-9-3-8-18-14/h5-6,10,13,16-17H,1-4,7-9,11H2. The van der Waals surface area contributed by atoms with Gasteiger partial charge >= 0.3 is 0 Å². The molecule has 2 aliphatic heterocycles. The fourth-order valence-corrected chi connectivity index (χ4v) is 2.61. The van der Waals surface area contributed by atoms with Gasteiger partial charge in [0, 0.05) is 30.8 Å². The van der Waals surface area contributed by atoms with Crippen LogP contribution in [-0.2, 0) is 0 Å². The quantitative estimate of drug-likeness (QED) is 0.878. The van der Waals surface area contributed by atoms with Crippen molar-refractivity contribution in [3.05, 3.63) is 18.2 Å². The molecular formula is C15H22N2O2. The summed E-state index contributed by atoms with van der Waals surface area (Å²) in [6, 6.07) is 6.70. The average molecular weight is 262 g/mol. The molecule has 1 aromatic carbocycles. The molecule has 0 saturated carbocycles. The van der Waals surface area contributed by atoms with E-state index in [1.165, 1.54) is 19.3 Å². The zero-order valence-electron chi connectivity index (χ0n) is 11.3. The molecule has 1 atom stereocenters. The molecule has 2 N–H and O–H groups in total. The number of ether oxygens (including phenoxy) is 2. The maximum atomic E-state index is 5.70. The van der Waals surface area contributed by atoms with Gasteiger partial charge in [-0.15, -0.1) is 0 Å². The van der Waals surface area contributed by atoms with E-state index in [9.17, 15) is 0 Å². The Labute approximate surface area is 114 Å². The lowest BCUT2D eigenvalue weighted by molar-refractivity contribution is 0.297. The highest BCUT2D eigenvalue weighted by Crippen LogP contribution is 2.32. The Kier molecular flexibility index (Phi) is 4.08. The van der Waals surface area contributed by atoms with Crippen LogP contribution in [0.2, 0.25) is 0 Å². The van der Waals surface area contributed by atoms with E-state index in [-0.39, 0.29) is 0 Å². The number of hydrogen-bond acceptors (Lipinski definition) is 4. The summed E-state index contributed by atoms with van der Waals surface area (Å²) in [5.74, 6) is 1.72. The minimum atomic E-state index is 0.588. The van der Waals surface area contributed by atoms with E-state index < -0.39 is 0 Å². The molecular weight excluding hydrogens is 240 g/mol. The van der Waals surface area contributed by atoms with Gasteiger partial charge in [0.2, 0.25) is 0 Å². The van der Waals surface area contributed by atoms with Crippen molar-refractivity contribution in [2.45, 2.75) is 31.7 Å². The number of nitrogens with one attached hydrogen (secondary N) is 2. The number of rotatable bonds is 3. The first-order chi connectivity index (χ1) is 9.42. The van der Waals surface area contributed by atoms with Crippen molar-refractivity contribution in [1.29, 1.82) is 0 Å². The van der Waals surface area contributed by atoms with Crippen molar-refractivity contribution in [3.8, 4) is 11.5 Å². The van der Waals surface area contributed by atoms with Crippen LogP contribution < -0.4 is 20.1 Å². The number of anilines is 1. The van der Waals surface area contributed by atoms with Crippen molar-refractivity contribution in [2.75, 3.05) is 31.6 Å². The highest BCUT2D eigenvalue weighted by Gasteiger charge is 2.13. The summed E-state index contributed by atoms with van der Waals surface area (Å²) in [6.45, 7) is 3.60. The minimum Gasteiger partial charge on any atom is -0.490 e. The first-order valence-electron chi connectivity index (χ1n) is 7.29. The summed E-state index contributed by atoms with van der Waals surface area (Å²) >= 11 is 0. The molecule has 1 saturated heterocycles. The van der Waals surface area contributed by atoms with Crippen molar-refractivity contribution in [3.63, 3.8) is 0 Å². The molecule has 0 aliphatic carbocycles. The molecule has 2 aliphatic rings. The van der Waals surface area contributed by atoms with Crippen LogP contribution in [0.5, 0.6) is 11.5 Å². The number of benzene rings is 1. The Morgan fingerprint density at radius 3 is 2.84 bits per heavy atom. The molecule has 0 amide bonds. The molecule has 2 heterocycles. The molecule has 0 radical (unpaired) electrons. The zero-order valence-corrected chi connectivity index (χ0v) is 11.3. The number of hydrogen-bond donors (Lipinski definition) is 2. The van der Waals surface area contributed by atoms with Gasteiger partial charge in [0.05, 0.1) is 13.2 Å². The summed E-state index contributed by atoms with van der Waals surface area (Å²) in [5.41, 5.74) is 1.11. The van der Waals surface area contributed by atoms with Crippen LogP contribution in [0.1, 0.15) is 25.7 Å². The molecule has 3 rings (SSSR count). The molecule has 0 bridgehead atoms. The van der Waals surface area contributed by atoms with Crippen LogP contribution in [0.3, 0.4) is 0 Å². The molecule has 104 valence electrons. The molecule has 0 spiro atoms. The molecule has 1 aromatic rings. The van der Waals surface area contributed by atoms with E-state index >= 15 is 0 Å². The monoisotopic (exact) mass is 262 g/mol. The zero-order chi connectivity index (χ0) is 12.9. The third-order valence-electron chi connectivity index (χ3n) is 3.71. The molecule has 19 heavy (non-hydrogen) atoms. The molecule has 4 nitrogen and oxygen atoms in total. The third-order valence-corrected chi connectivity index (χ3v) is 3.71. The van der Waals surface area contributed by atoms with Crippen LogP contribution in [0.25, 0.3) is 0 Å². The topological polar surface area (TPSA) is 42.5 Å². The second kappa shape index (κ2) is 6.15. The Morgan fingerprint density at radius 1 is 1.11 bits per heavy atom. The van der Waals surface area contributed by atoms with Gasteiger partial charge in [-0.1, -0.05) is 6.42 Å². The van der Waals surface area contributed by atoms with Gasteiger partial charge < -0.3 is 20.1 Å². The highest BCUT2D eigenvalue weighted by molar-refractivity contribution is 5.55. The van der Waals surface area contributed by atoms with E-state index in [4.69, 9.17) is 9.47 Å². The summed E-state index contributed by atoms with van der Waals surface area (Å²) in [7, 11) is 0. The summed E-state index contributed by atoms with van der Waals surface area (Å²) < 4.78 is 11.3. The van der Waals surface area contributed by atoms with Gasteiger partial charge in [-0.05, 0) is 31.5 Å². The molecule has 4 heteroatoms. The van der Waals surface area contributed by atoms with Crippen molar-refractivity contribution in [2.24, 2.45) is 0 Å². The molecule has 1 unspecified atom stereocenters. The SMILES string of the molecule is c1cc2c(cc1NCC1CCCCN1)OCCCO2. The smallest absolute Gasteiger partial charge is 0.163 e. The van der Waals surface area contributed by atoms with Crippen LogP contribution in [0, 0.1) is 0 Å². The Hall–Kier alpha value is -1.42. The first kappa shape index (κ1) is 12.6. The van der Waals surface area contributed by atoms with E-state index in [1.807, 2.05) is 12.1 Å². The highest BCUT2D eigenvalue weighted by atomic mass is 16.5. The lowest BCUT2D eigenvalue weighted by Crippen LogP contribution is -2.39. The first-order valence-corrected chi connectivity index (χ1v) is 7.29. The van der Waals surface area contributed by atoms with E-state index in [1.54, 1.807) is 0 Å². The van der Waals surface area contributed by atoms with E-state index in [0.717, 1.165) is 49.9 Å². The maximum absolute atomic E-state index is 5.70. The summed E-state index contributed by atoms with van der Waals surface area (Å²) in [6.07, 6.45) is 4.85. The Bertz CT molecular complexity index is 417. The van der Waals surface area contributed by atoms with Gasteiger partial charge in [-0.2, -0.15) is 0 Å². The predicted octanol–water partition coefficient (Wildman–Crippen LogP) is 2.40. The summed E-state index contributed by atoms with van der Waals surface area (Å²) in [4.78, 5) is 0.